The molecule has 0 aliphatic carbocycles. The number of piperidine rings is 1. The maximum Gasteiger partial charge on any atom is 0.286 e. The molecule has 9 heteroatoms. The second-order valence-corrected chi connectivity index (χ2v) is 9.14. The van der Waals surface area contributed by atoms with E-state index in [4.69, 9.17) is 23.2 Å². The second kappa shape index (κ2) is 11.5. The Bertz CT molecular complexity index is 1290. The molecule has 1 amide bonds. The molecule has 0 atom stereocenters. The highest BCUT2D eigenvalue weighted by Gasteiger charge is 2.24. The van der Waals surface area contributed by atoms with Crippen LogP contribution >= 0.6 is 23.2 Å². The molecular formula is C26H25Cl2N5O2. The van der Waals surface area contributed by atoms with Gasteiger partial charge < -0.3 is 0 Å². The van der Waals surface area contributed by atoms with Crippen LogP contribution in [0.25, 0.3) is 16.9 Å². The van der Waals surface area contributed by atoms with E-state index in [1.807, 2.05) is 36.2 Å². The van der Waals surface area contributed by atoms with Crippen molar-refractivity contribution in [1.29, 1.82) is 0 Å². The number of carbonyl (C=O) groups excluding carboxylic acids is 1. The van der Waals surface area contributed by atoms with Gasteiger partial charge in [-0.3, -0.25) is 10.2 Å². The first-order valence-electron chi connectivity index (χ1n) is 11.5. The molecule has 2 heterocycles. The monoisotopic (exact) mass is 509 g/mol. The summed E-state index contributed by atoms with van der Waals surface area (Å²) < 4.78 is 1.69. The highest BCUT2D eigenvalue weighted by molar-refractivity contribution is 6.35. The largest absolute Gasteiger partial charge is 0.286 e. The van der Waals surface area contributed by atoms with Gasteiger partial charge in [0.15, 0.2) is 5.69 Å². The molecule has 2 aromatic carbocycles. The van der Waals surface area contributed by atoms with Crippen LogP contribution in [-0.2, 0) is 0 Å². The van der Waals surface area contributed by atoms with Crippen LogP contribution in [0.5, 0.6) is 0 Å². The smallest absolute Gasteiger partial charge is 0.283 e. The van der Waals surface area contributed by atoms with E-state index in [-0.39, 0.29) is 12.5 Å². The van der Waals surface area contributed by atoms with E-state index < -0.39 is 0 Å². The summed E-state index contributed by atoms with van der Waals surface area (Å²) in [5.41, 5.74) is 7.12. The number of rotatable bonds is 6. The predicted molar refractivity (Wildman–Crippen MR) is 139 cm³/mol. The third-order valence-electron chi connectivity index (χ3n) is 5.81. The zero-order valence-corrected chi connectivity index (χ0v) is 20.9. The molecule has 0 radical (unpaired) electrons. The summed E-state index contributed by atoms with van der Waals surface area (Å²) in [6.45, 7) is 3.71. The van der Waals surface area contributed by atoms with Crippen LogP contribution in [0.2, 0.25) is 10.0 Å². The molecule has 1 fully saturated rings. The minimum atomic E-state index is -0.249. The number of nitrogens with zero attached hydrogens (tertiary/aromatic N) is 4. The Balaban J connectivity index is 1.73. The third-order valence-corrected chi connectivity index (χ3v) is 6.35. The van der Waals surface area contributed by atoms with Crippen molar-refractivity contribution >= 4 is 29.1 Å². The Kier molecular flexibility index (Phi) is 8.19. The molecule has 0 bridgehead atoms. The fraction of sp³-hybridized carbons (Fsp3) is 0.308. The molecular weight excluding hydrogens is 485 g/mol. The lowest BCUT2D eigenvalue weighted by atomic mass is 10.0. The summed E-state index contributed by atoms with van der Waals surface area (Å²) in [4.78, 5) is 23.4. The maximum absolute atomic E-state index is 13.2. The standard InChI is InChI=1S/C26H25Cl2N5O2/c1-18-24(26(34)31-32-15-5-2-6-16-32)30-33(23-13-12-21(27)17-22(23)28)25(18)20-10-8-19(9-11-20)7-3-4-14-29-35/h8-13,17H,2,4-6,14-16H2,1H3,(H,31,34). The number of carbonyl (C=O) groups is 1. The lowest BCUT2D eigenvalue weighted by molar-refractivity contribution is 0.0743. The van der Waals surface area contributed by atoms with Crippen LogP contribution in [0.4, 0.5) is 0 Å². The Hall–Kier alpha value is -3.18. The first kappa shape index (κ1) is 24.9. The molecule has 7 nitrogen and oxygen atoms in total. The zero-order chi connectivity index (χ0) is 24.8. The van der Waals surface area contributed by atoms with Crippen molar-refractivity contribution in [3.8, 4) is 28.8 Å². The molecule has 35 heavy (non-hydrogen) atoms. The Morgan fingerprint density at radius 1 is 1.11 bits per heavy atom. The van der Waals surface area contributed by atoms with Gasteiger partial charge in [0.1, 0.15) is 0 Å². The van der Waals surface area contributed by atoms with Gasteiger partial charge in [-0.05, 0) is 50.1 Å². The number of hydrogen-bond acceptors (Lipinski definition) is 5. The number of amides is 1. The minimum absolute atomic E-state index is 0.174. The van der Waals surface area contributed by atoms with Gasteiger partial charge in [-0.2, -0.15) is 10.0 Å². The Morgan fingerprint density at radius 3 is 2.54 bits per heavy atom. The minimum Gasteiger partial charge on any atom is -0.283 e. The molecule has 0 spiro atoms. The molecule has 0 saturated carbocycles. The van der Waals surface area contributed by atoms with Crippen molar-refractivity contribution < 1.29 is 4.79 Å². The van der Waals surface area contributed by atoms with Crippen LogP contribution in [0.15, 0.2) is 47.6 Å². The lowest BCUT2D eigenvalue weighted by Gasteiger charge is -2.26. The van der Waals surface area contributed by atoms with E-state index in [0.29, 0.717) is 27.8 Å². The number of nitrogens with one attached hydrogen (secondary N) is 1. The van der Waals surface area contributed by atoms with Gasteiger partial charge in [-0.25, -0.2) is 9.69 Å². The van der Waals surface area contributed by atoms with Crippen molar-refractivity contribution in [3.63, 3.8) is 0 Å². The number of hydrogen-bond donors (Lipinski definition) is 1. The first-order valence-corrected chi connectivity index (χ1v) is 12.2. The molecule has 4 rings (SSSR count). The van der Waals surface area contributed by atoms with E-state index >= 15 is 0 Å². The molecule has 3 aromatic rings. The van der Waals surface area contributed by atoms with E-state index in [1.165, 1.54) is 6.42 Å². The van der Waals surface area contributed by atoms with Gasteiger partial charge in [0, 0.05) is 41.2 Å². The molecule has 0 unspecified atom stereocenters. The summed E-state index contributed by atoms with van der Waals surface area (Å²) in [5.74, 6) is 5.71. The normalized spacial score (nSPS) is 13.7. The van der Waals surface area contributed by atoms with Crippen LogP contribution in [0.1, 0.15) is 47.3 Å². The molecule has 1 aliphatic heterocycles. The van der Waals surface area contributed by atoms with E-state index in [2.05, 4.69) is 27.5 Å². The Morgan fingerprint density at radius 2 is 1.86 bits per heavy atom. The van der Waals surface area contributed by atoms with Crippen molar-refractivity contribution in [1.82, 2.24) is 20.2 Å². The summed E-state index contributed by atoms with van der Waals surface area (Å²) >= 11 is 12.6. The topological polar surface area (TPSA) is 79.6 Å². The predicted octanol–water partition coefficient (Wildman–Crippen LogP) is 5.79. The number of benzene rings is 2. The van der Waals surface area contributed by atoms with Crippen molar-refractivity contribution in [2.45, 2.75) is 32.6 Å². The van der Waals surface area contributed by atoms with E-state index in [0.717, 1.165) is 48.3 Å². The highest BCUT2D eigenvalue weighted by Crippen LogP contribution is 2.33. The first-order chi connectivity index (χ1) is 17.0. The zero-order valence-electron chi connectivity index (χ0n) is 19.4. The SMILES string of the molecule is Cc1c(C(=O)NN2CCCCC2)nn(-c2ccc(Cl)cc2Cl)c1-c1ccc(C#CCCN=O)cc1. The number of halogens is 2. The fourth-order valence-electron chi connectivity index (χ4n) is 4.06. The summed E-state index contributed by atoms with van der Waals surface area (Å²) in [5, 5.41) is 10.4. The van der Waals surface area contributed by atoms with E-state index in [9.17, 15) is 9.70 Å². The molecule has 1 N–H and O–H groups in total. The van der Waals surface area contributed by atoms with Crippen LogP contribution in [-0.4, -0.2) is 40.3 Å². The number of hydrazine groups is 1. The second-order valence-electron chi connectivity index (χ2n) is 8.30. The van der Waals surface area contributed by atoms with Gasteiger partial charge in [0.2, 0.25) is 0 Å². The molecule has 1 aliphatic rings. The van der Waals surface area contributed by atoms with Crippen LogP contribution in [0.3, 0.4) is 0 Å². The van der Waals surface area contributed by atoms with Crippen molar-refractivity contribution in [2.75, 3.05) is 19.6 Å². The quantitative estimate of drug-likeness (QED) is 0.259. The van der Waals surface area contributed by atoms with Crippen LogP contribution in [0, 0.1) is 23.7 Å². The summed E-state index contributed by atoms with van der Waals surface area (Å²) in [6.07, 6.45) is 3.70. The summed E-state index contributed by atoms with van der Waals surface area (Å²) in [7, 11) is 0. The van der Waals surface area contributed by atoms with Gasteiger partial charge >= 0.3 is 0 Å². The highest BCUT2D eigenvalue weighted by atomic mass is 35.5. The summed E-state index contributed by atoms with van der Waals surface area (Å²) in [6, 6.07) is 12.8. The molecule has 180 valence electrons. The average Bonchev–Trinajstić information content (AvgIpc) is 3.19. The van der Waals surface area contributed by atoms with E-state index in [1.54, 1.807) is 22.9 Å². The lowest BCUT2D eigenvalue weighted by Crippen LogP contribution is -2.45. The number of nitroso groups, excluding NO2 is 1. The maximum atomic E-state index is 13.2. The number of aromatic nitrogens is 2. The van der Waals surface area contributed by atoms with Gasteiger partial charge in [-0.15, -0.1) is 0 Å². The molecule has 1 saturated heterocycles. The Labute approximate surface area is 214 Å². The van der Waals surface area contributed by atoms with Crippen molar-refractivity contribution in [3.05, 3.63) is 74.2 Å². The van der Waals surface area contributed by atoms with Gasteiger partial charge in [0.05, 0.1) is 22.9 Å². The van der Waals surface area contributed by atoms with Crippen LogP contribution < -0.4 is 5.43 Å². The third kappa shape index (κ3) is 5.91. The molecule has 1 aromatic heterocycles. The van der Waals surface area contributed by atoms with Gasteiger partial charge in [-0.1, -0.05) is 58.8 Å². The van der Waals surface area contributed by atoms with Gasteiger partial charge in [0.25, 0.3) is 5.91 Å². The fourth-order valence-corrected chi connectivity index (χ4v) is 4.55. The van der Waals surface area contributed by atoms with Crippen molar-refractivity contribution in [2.24, 2.45) is 5.18 Å². The average molecular weight is 510 g/mol.